The molecule has 0 fully saturated rings. The molecule has 0 unspecified atom stereocenters. The fourth-order valence-electron chi connectivity index (χ4n) is 3.01. The van der Waals surface area contributed by atoms with Crippen LogP contribution in [0.15, 0.2) is 35.1 Å². The van der Waals surface area contributed by atoms with E-state index in [1.165, 1.54) is 18.2 Å². The number of nitrogens with one attached hydrogen (secondary N) is 1. The Morgan fingerprint density at radius 2 is 1.96 bits per heavy atom. The van der Waals surface area contributed by atoms with Crippen molar-refractivity contribution in [1.82, 2.24) is 14.9 Å². The molecule has 0 saturated heterocycles. The van der Waals surface area contributed by atoms with E-state index in [-0.39, 0.29) is 5.75 Å². The first kappa shape index (κ1) is 19.7. The molecule has 3 rings (SSSR count). The van der Waals surface area contributed by atoms with Crippen molar-refractivity contribution < 1.29 is 14.9 Å². The summed E-state index contributed by atoms with van der Waals surface area (Å²) in [5.41, 5.74) is 5.34. The van der Waals surface area contributed by atoms with Crippen molar-refractivity contribution in [2.75, 3.05) is 13.7 Å². The number of ether oxygens (including phenoxy) is 1. The Morgan fingerprint density at radius 1 is 1.22 bits per heavy atom. The van der Waals surface area contributed by atoms with Crippen molar-refractivity contribution in [1.29, 1.82) is 0 Å². The van der Waals surface area contributed by atoms with Gasteiger partial charge in [0, 0.05) is 17.6 Å². The van der Waals surface area contributed by atoms with Gasteiger partial charge in [0.15, 0.2) is 11.5 Å². The molecule has 1 atom stereocenters. The largest absolute Gasteiger partial charge is 0.504 e. The number of methoxy groups -OCH3 is 1. The number of aliphatic hydroxyl groups is 1. The third-order valence-corrected chi connectivity index (χ3v) is 5.43. The van der Waals surface area contributed by atoms with Crippen LogP contribution in [0.25, 0.3) is 11.0 Å². The van der Waals surface area contributed by atoms with E-state index >= 15 is 0 Å². The molecular formula is C20H24BrN3O3. The van der Waals surface area contributed by atoms with Gasteiger partial charge in [0.2, 0.25) is 0 Å². The highest BCUT2D eigenvalue weighted by atomic mass is 79.9. The molecule has 0 bridgehead atoms. The van der Waals surface area contributed by atoms with Gasteiger partial charge in [-0.2, -0.15) is 0 Å². The Kier molecular flexibility index (Phi) is 6.04. The van der Waals surface area contributed by atoms with E-state index in [1.54, 1.807) is 18.5 Å². The van der Waals surface area contributed by atoms with E-state index in [4.69, 9.17) is 4.74 Å². The molecule has 27 heavy (non-hydrogen) atoms. The molecule has 7 heteroatoms. The Balaban J connectivity index is 1.61. The molecule has 0 saturated carbocycles. The quantitative estimate of drug-likeness (QED) is 0.532. The number of hydrogen-bond acceptors (Lipinski definition) is 5. The summed E-state index contributed by atoms with van der Waals surface area (Å²) in [6, 6.07) is 7.56. The Hall–Kier alpha value is -2.09. The molecule has 0 aliphatic heterocycles. The van der Waals surface area contributed by atoms with Crippen molar-refractivity contribution in [3.05, 3.63) is 51.8 Å². The molecule has 1 heterocycles. The predicted octanol–water partition coefficient (Wildman–Crippen LogP) is 3.28. The van der Waals surface area contributed by atoms with Gasteiger partial charge in [0.05, 0.1) is 37.1 Å². The van der Waals surface area contributed by atoms with Gasteiger partial charge in [-0.3, -0.25) is 0 Å². The summed E-state index contributed by atoms with van der Waals surface area (Å²) < 4.78 is 7.90. The number of phenols is 1. The summed E-state index contributed by atoms with van der Waals surface area (Å²) in [4.78, 5) is 4.43. The van der Waals surface area contributed by atoms with Gasteiger partial charge in [-0.1, -0.05) is 15.9 Å². The Labute approximate surface area is 166 Å². The highest BCUT2D eigenvalue weighted by molar-refractivity contribution is 9.10. The summed E-state index contributed by atoms with van der Waals surface area (Å²) in [5, 5.41) is 23.4. The summed E-state index contributed by atoms with van der Waals surface area (Å²) >= 11 is 3.44. The lowest BCUT2D eigenvalue weighted by atomic mass is 10.1. The van der Waals surface area contributed by atoms with E-state index in [0.29, 0.717) is 25.4 Å². The monoisotopic (exact) mass is 433 g/mol. The average molecular weight is 434 g/mol. The fourth-order valence-corrected chi connectivity index (χ4v) is 3.48. The number of aliphatic hydroxyl groups excluding tert-OH is 1. The molecule has 3 N–H and O–H groups in total. The van der Waals surface area contributed by atoms with Crippen molar-refractivity contribution in [2.45, 2.75) is 33.0 Å². The number of aryl methyl sites for hydroxylation is 2. The topological polar surface area (TPSA) is 79.5 Å². The lowest BCUT2D eigenvalue weighted by molar-refractivity contribution is 0.152. The zero-order valence-corrected chi connectivity index (χ0v) is 17.2. The molecule has 2 aromatic carbocycles. The minimum Gasteiger partial charge on any atom is -0.504 e. The van der Waals surface area contributed by atoms with Crippen LogP contribution in [0, 0.1) is 13.8 Å². The second-order valence-electron chi connectivity index (χ2n) is 6.72. The molecule has 0 amide bonds. The smallest absolute Gasteiger partial charge is 0.160 e. The number of imidazole rings is 1. The molecule has 0 aliphatic rings. The molecule has 0 spiro atoms. The van der Waals surface area contributed by atoms with Crippen LogP contribution in [0.5, 0.6) is 11.5 Å². The van der Waals surface area contributed by atoms with Crippen LogP contribution in [0.2, 0.25) is 0 Å². The number of halogens is 1. The van der Waals surface area contributed by atoms with Gasteiger partial charge in [0.1, 0.15) is 0 Å². The van der Waals surface area contributed by atoms with E-state index in [2.05, 4.69) is 52.2 Å². The highest BCUT2D eigenvalue weighted by Gasteiger charge is 2.11. The van der Waals surface area contributed by atoms with Gasteiger partial charge in [0.25, 0.3) is 0 Å². The number of benzene rings is 2. The van der Waals surface area contributed by atoms with Crippen LogP contribution in [-0.2, 0) is 13.1 Å². The molecule has 6 nitrogen and oxygen atoms in total. The number of phenolic OH excluding ortho intramolecular Hbond substituents is 1. The molecule has 144 valence electrons. The lowest BCUT2D eigenvalue weighted by Gasteiger charge is -2.15. The molecule has 0 radical (unpaired) electrons. The van der Waals surface area contributed by atoms with E-state index in [9.17, 15) is 10.2 Å². The van der Waals surface area contributed by atoms with E-state index in [0.717, 1.165) is 21.1 Å². The minimum absolute atomic E-state index is 0.0886. The third-order valence-electron chi connectivity index (χ3n) is 4.69. The minimum atomic E-state index is -0.554. The summed E-state index contributed by atoms with van der Waals surface area (Å²) in [7, 11) is 1.52. The highest BCUT2D eigenvalue weighted by Crippen LogP contribution is 2.32. The zero-order chi connectivity index (χ0) is 19.6. The molecule has 3 aromatic rings. The van der Waals surface area contributed by atoms with Crippen molar-refractivity contribution in [2.24, 2.45) is 0 Å². The Bertz CT molecular complexity index is 955. The van der Waals surface area contributed by atoms with Crippen LogP contribution < -0.4 is 10.1 Å². The van der Waals surface area contributed by atoms with Crippen LogP contribution in [0.3, 0.4) is 0 Å². The number of fused-ring (bicyclic) bond motifs is 1. The summed E-state index contributed by atoms with van der Waals surface area (Å²) in [6.45, 7) is 5.58. The molecular weight excluding hydrogens is 410 g/mol. The first-order valence-corrected chi connectivity index (χ1v) is 9.54. The normalized spacial score (nSPS) is 12.5. The van der Waals surface area contributed by atoms with Gasteiger partial charge < -0.3 is 24.8 Å². The lowest BCUT2D eigenvalue weighted by Crippen LogP contribution is -2.30. The first-order chi connectivity index (χ1) is 12.9. The van der Waals surface area contributed by atoms with Gasteiger partial charge in [-0.15, -0.1) is 0 Å². The maximum Gasteiger partial charge on any atom is 0.160 e. The predicted molar refractivity (Wildman–Crippen MR) is 109 cm³/mol. The van der Waals surface area contributed by atoms with Gasteiger partial charge in [-0.05, 0) is 54.8 Å². The SMILES string of the molecule is COc1cc(CNC[C@@H](O)Cn2cnc3cc(C)c(C)cc32)c(Br)cc1O. The second kappa shape index (κ2) is 8.29. The van der Waals surface area contributed by atoms with Crippen LogP contribution in [0.1, 0.15) is 16.7 Å². The third kappa shape index (κ3) is 4.43. The standard InChI is InChI=1S/C20H24BrN3O3/c1-12-4-17-18(5-13(12)2)24(11-23-17)10-15(25)9-22-8-14-6-20(27-3)19(26)7-16(14)21/h4-7,11,15,22,25-26H,8-10H2,1-3H3/t15-/m1/s1. The van der Waals surface area contributed by atoms with Crippen LogP contribution in [0.4, 0.5) is 0 Å². The summed E-state index contributed by atoms with van der Waals surface area (Å²) in [6.07, 6.45) is 1.22. The number of aromatic nitrogens is 2. The number of aromatic hydroxyl groups is 1. The zero-order valence-electron chi connectivity index (χ0n) is 15.7. The fraction of sp³-hybridized carbons (Fsp3) is 0.350. The van der Waals surface area contributed by atoms with Crippen LogP contribution in [-0.4, -0.2) is 39.5 Å². The average Bonchev–Trinajstić information content (AvgIpc) is 2.99. The number of nitrogens with zero attached hydrogens (tertiary/aromatic N) is 2. The second-order valence-corrected chi connectivity index (χ2v) is 7.58. The van der Waals surface area contributed by atoms with E-state index in [1.807, 2.05) is 4.57 Å². The van der Waals surface area contributed by atoms with Crippen molar-refractivity contribution >= 4 is 27.0 Å². The van der Waals surface area contributed by atoms with Gasteiger partial charge in [-0.25, -0.2) is 4.98 Å². The van der Waals surface area contributed by atoms with Gasteiger partial charge >= 0.3 is 0 Å². The first-order valence-electron chi connectivity index (χ1n) is 8.75. The molecule has 0 aliphatic carbocycles. The number of hydrogen-bond donors (Lipinski definition) is 3. The summed E-state index contributed by atoms with van der Waals surface area (Å²) in [5.74, 6) is 0.511. The maximum atomic E-state index is 10.4. The van der Waals surface area contributed by atoms with Crippen LogP contribution >= 0.6 is 15.9 Å². The van der Waals surface area contributed by atoms with Crippen molar-refractivity contribution in [3.8, 4) is 11.5 Å². The maximum absolute atomic E-state index is 10.4. The Morgan fingerprint density at radius 3 is 2.70 bits per heavy atom. The molecule has 1 aromatic heterocycles. The van der Waals surface area contributed by atoms with E-state index < -0.39 is 6.10 Å². The number of rotatable bonds is 7. The van der Waals surface area contributed by atoms with Crippen molar-refractivity contribution in [3.63, 3.8) is 0 Å².